The highest BCUT2D eigenvalue weighted by Crippen LogP contribution is 2.23. The number of nitrogens with one attached hydrogen (secondary N) is 1. The van der Waals surface area contributed by atoms with Gasteiger partial charge in [0.1, 0.15) is 11.6 Å². The van der Waals surface area contributed by atoms with Gasteiger partial charge in [-0.2, -0.15) is 0 Å². The van der Waals surface area contributed by atoms with Crippen molar-refractivity contribution in [3.63, 3.8) is 0 Å². The number of amides is 1. The Hall–Kier alpha value is -1.60. The van der Waals surface area contributed by atoms with Crippen LogP contribution in [0.5, 0.6) is 0 Å². The van der Waals surface area contributed by atoms with Gasteiger partial charge in [-0.05, 0) is 44.9 Å². The van der Waals surface area contributed by atoms with E-state index in [9.17, 15) is 9.59 Å². The van der Waals surface area contributed by atoms with Crippen LogP contribution >= 0.6 is 15.9 Å². The molecule has 1 amide bonds. The van der Waals surface area contributed by atoms with Gasteiger partial charge in [-0.3, -0.25) is 4.90 Å². The molecule has 25 heavy (non-hydrogen) atoms. The van der Waals surface area contributed by atoms with E-state index in [1.165, 1.54) is 12.0 Å². The molecule has 1 saturated heterocycles. The maximum atomic E-state index is 12.4. The van der Waals surface area contributed by atoms with Gasteiger partial charge in [0, 0.05) is 23.6 Å². The molecule has 6 nitrogen and oxygen atoms in total. The number of carbonyl (C=O) groups is 2. The van der Waals surface area contributed by atoms with Crippen LogP contribution in [0.15, 0.2) is 28.7 Å². The zero-order valence-electron chi connectivity index (χ0n) is 15.0. The number of carbonyl (C=O) groups excluding carboxylic acids is 2. The predicted octanol–water partition coefficient (Wildman–Crippen LogP) is 3.09. The average Bonchev–Trinajstić information content (AvgIpc) is 2.96. The van der Waals surface area contributed by atoms with Crippen LogP contribution in [0.1, 0.15) is 32.8 Å². The van der Waals surface area contributed by atoms with Gasteiger partial charge in [-0.1, -0.05) is 28.1 Å². The third-order valence-electron chi connectivity index (χ3n) is 3.91. The molecule has 0 bridgehead atoms. The summed E-state index contributed by atoms with van der Waals surface area (Å²) in [6.07, 6.45) is 0.0125. The second-order valence-electron chi connectivity index (χ2n) is 7.11. The van der Waals surface area contributed by atoms with Crippen molar-refractivity contribution in [2.45, 2.75) is 51.4 Å². The lowest BCUT2D eigenvalue weighted by Gasteiger charge is -2.27. The van der Waals surface area contributed by atoms with E-state index < -0.39 is 23.7 Å². The fourth-order valence-corrected chi connectivity index (χ4v) is 2.99. The van der Waals surface area contributed by atoms with Crippen LogP contribution in [0.4, 0.5) is 4.79 Å². The molecular weight excluding hydrogens is 388 g/mol. The largest absolute Gasteiger partial charge is 0.467 e. The van der Waals surface area contributed by atoms with Crippen LogP contribution in [0.25, 0.3) is 0 Å². The van der Waals surface area contributed by atoms with Crippen LogP contribution < -0.4 is 5.32 Å². The molecule has 1 heterocycles. The molecule has 2 rings (SSSR count). The van der Waals surface area contributed by atoms with Crippen molar-refractivity contribution < 1.29 is 19.1 Å². The highest BCUT2D eigenvalue weighted by molar-refractivity contribution is 9.10. The quantitative estimate of drug-likeness (QED) is 0.769. The highest BCUT2D eigenvalue weighted by Gasteiger charge is 2.41. The number of hydrogen-bond donors (Lipinski definition) is 1. The zero-order chi connectivity index (χ0) is 18.6. The van der Waals surface area contributed by atoms with Gasteiger partial charge < -0.3 is 14.8 Å². The van der Waals surface area contributed by atoms with E-state index in [0.29, 0.717) is 19.5 Å². The number of esters is 1. The maximum Gasteiger partial charge on any atom is 0.411 e. The number of nitrogens with zero attached hydrogens (tertiary/aromatic N) is 1. The van der Waals surface area contributed by atoms with Gasteiger partial charge in [-0.25, -0.2) is 9.59 Å². The Labute approximate surface area is 157 Å². The molecule has 1 N–H and O–H groups in total. The Morgan fingerprint density at radius 2 is 1.92 bits per heavy atom. The van der Waals surface area contributed by atoms with Crippen molar-refractivity contribution >= 4 is 28.0 Å². The molecule has 0 saturated carbocycles. The first kappa shape index (κ1) is 19.7. The van der Waals surface area contributed by atoms with E-state index in [2.05, 4.69) is 21.2 Å². The van der Waals surface area contributed by atoms with Crippen molar-refractivity contribution in [1.29, 1.82) is 0 Å². The number of likely N-dealkylation sites (tertiary alicyclic amines) is 1. The van der Waals surface area contributed by atoms with Crippen LogP contribution in [0.3, 0.4) is 0 Å². The summed E-state index contributed by atoms with van der Waals surface area (Å²) in [7, 11) is 1.33. The summed E-state index contributed by atoms with van der Waals surface area (Å²) in [5.41, 5.74) is 0.522. The summed E-state index contributed by atoms with van der Waals surface area (Å²) in [5, 5.41) is 3.40. The summed E-state index contributed by atoms with van der Waals surface area (Å²) in [6.45, 7) is 6.48. The van der Waals surface area contributed by atoms with Gasteiger partial charge in [0.25, 0.3) is 0 Å². The number of halogens is 1. The minimum absolute atomic E-state index is 0.000246. The maximum absolute atomic E-state index is 12.4. The third-order valence-corrected chi connectivity index (χ3v) is 4.44. The van der Waals surface area contributed by atoms with Crippen molar-refractivity contribution in [3.8, 4) is 0 Å². The molecule has 0 aromatic heterocycles. The molecule has 1 unspecified atom stereocenters. The molecule has 2 atom stereocenters. The first-order chi connectivity index (χ1) is 11.7. The van der Waals surface area contributed by atoms with E-state index in [0.717, 1.165) is 10.0 Å². The van der Waals surface area contributed by atoms with Crippen molar-refractivity contribution in [3.05, 3.63) is 34.3 Å². The molecule has 0 aliphatic carbocycles. The summed E-state index contributed by atoms with van der Waals surface area (Å²) in [4.78, 5) is 25.9. The minimum atomic E-state index is -0.623. The Balaban J connectivity index is 2.00. The highest BCUT2D eigenvalue weighted by atomic mass is 79.9. The SMILES string of the molecule is COC(=O)[C@@H]1CC(NCc2ccc(Br)cc2)CN1C(=O)OC(C)(C)C. The second kappa shape index (κ2) is 8.19. The first-order valence-electron chi connectivity index (χ1n) is 8.25. The monoisotopic (exact) mass is 412 g/mol. The van der Waals surface area contributed by atoms with E-state index in [1.807, 2.05) is 24.3 Å². The number of methoxy groups -OCH3 is 1. The van der Waals surface area contributed by atoms with E-state index >= 15 is 0 Å². The Bertz CT molecular complexity index is 612. The van der Waals surface area contributed by atoms with Crippen LogP contribution in [-0.2, 0) is 20.8 Å². The average molecular weight is 413 g/mol. The van der Waals surface area contributed by atoms with Gasteiger partial charge in [0.2, 0.25) is 0 Å². The van der Waals surface area contributed by atoms with Crippen LogP contribution in [0.2, 0.25) is 0 Å². The van der Waals surface area contributed by atoms with Crippen molar-refractivity contribution in [1.82, 2.24) is 10.2 Å². The summed E-state index contributed by atoms with van der Waals surface area (Å²) < 4.78 is 11.3. The molecule has 1 aromatic carbocycles. The molecule has 1 aliphatic rings. The standard InChI is InChI=1S/C18H25BrN2O4/c1-18(2,3)25-17(23)21-11-14(9-15(21)16(22)24-4)20-10-12-5-7-13(19)8-6-12/h5-8,14-15,20H,9-11H2,1-4H3/t14?,15-/m0/s1. The number of rotatable bonds is 4. The fourth-order valence-electron chi connectivity index (χ4n) is 2.73. The van der Waals surface area contributed by atoms with Gasteiger partial charge in [0.15, 0.2) is 0 Å². The zero-order valence-corrected chi connectivity index (χ0v) is 16.6. The summed E-state index contributed by atoms with van der Waals surface area (Å²) in [5.74, 6) is -0.418. The van der Waals surface area contributed by atoms with E-state index in [4.69, 9.17) is 9.47 Å². The minimum Gasteiger partial charge on any atom is -0.467 e. The van der Waals surface area contributed by atoms with E-state index in [1.54, 1.807) is 20.8 Å². The number of hydrogen-bond acceptors (Lipinski definition) is 5. The van der Waals surface area contributed by atoms with Gasteiger partial charge in [0.05, 0.1) is 7.11 Å². The van der Waals surface area contributed by atoms with E-state index in [-0.39, 0.29) is 6.04 Å². The van der Waals surface area contributed by atoms with Gasteiger partial charge in [-0.15, -0.1) is 0 Å². The predicted molar refractivity (Wildman–Crippen MR) is 98.1 cm³/mol. The molecule has 1 fully saturated rings. The summed E-state index contributed by atoms with van der Waals surface area (Å²) in [6, 6.07) is 7.39. The second-order valence-corrected chi connectivity index (χ2v) is 8.03. The Morgan fingerprint density at radius 1 is 1.28 bits per heavy atom. The lowest BCUT2D eigenvalue weighted by molar-refractivity contribution is -0.145. The molecule has 0 spiro atoms. The molecule has 0 radical (unpaired) electrons. The summed E-state index contributed by atoms with van der Waals surface area (Å²) >= 11 is 3.41. The number of ether oxygens (including phenoxy) is 2. The number of benzene rings is 1. The van der Waals surface area contributed by atoms with Crippen LogP contribution in [-0.4, -0.2) is 48.3 Å². The van der Waals surface area contributed by atoms with Crippen molar-refractivity contribution in [2.75, 3.05) is 13.7 Å². The van der Waals surface area contributed by atoms with Gasteiger partial charge >= 0.3 is 12.1 Å². The Kier molecular flexibility index (Phi) is 6.46. The molecule has 7 heteroatoms. The first-order valence-corrected chi connectivity index (χ1v) is 9.04. The molecule has 138 valence electrons. The fraction of sp³-hybridized carbons (Fsp3) is 0.556. The van der Waals surface area contributed by atoms with Crippen LogP contribution in [0, 0.1) is 0 Å². The molecule has 1 aliphatic heterocycles. The normalized spacial score (nSPS) is 20.4. The lowest BCUT2D eigenvalue weighted by Crippen LogP contribution is -2.44. The topological polar surface area (TPSA) is 67.9 Å². The Morgan fingerprint density at radius 3 is 2.48 bits per heavy atom. The van der Waals surface area contributed by atoms with Crippen molar-refractivity contribution in [2.24, 2.45) is 0 Å². The smallest absolute Gasteiger partial charge is 0.411 e. The molecule has 1 aromatic rings. The third kappa shape index (κ3) is 5.71. The molecular formula is C18H25BrN2O4. The lowest BCUT2D eigenvalue weighted by atomic mass is 10.1.